The molecule has 2 aromatic heterocycles. The number of nitrogens with one attached hydrogen (secondary N) is 1. The summed E-state index contributed by atoms with van der Waals surface area (Å²) in [6.45, 7) is 1.87. The third kappa shape index (κ3) is 3.33. The second-order valence-corrected chi connectivity index (χ2v) is 9.88. The number of aromatic nitrogens is 3. The Balaban J connectivity index is 1.44. The number of pyridine rings is 1. The predicted octanol–water partition coefficient (Wildman–Crippen LogP) is 3.50. The molecule has 8 heteroatoms. The van der Waals surface area contributed by atoms with Gasteiger partial charge in [-0.1, -0.05) is 6.07 Å². The van der Waals surface area contributed by atoms with E-state index in [1.54, 1.807) is 18.3 Å². The van der Waals surface area contributed by atoms with Crippen LogP contribution in [0.1, 0.15) is 28.6 Å². The van der Waals surface area contributed by atoms with Gasteiger partial charge >= 0.3 is 0 Å². The third-order valence-electron chi connectivity index (χ3n) is 5.56. The van der Waals surface area contributed by atoms with Crippen LogP contribution in [0.5, 0.6) is 0 Å². The standard InChI is InChI=1S/C22H20N4O3S/c1-14-24-20-12-16(4-7-21(20)26(14)18-8-10-30(28,29)13-18)22(27)25-17-5-6-19-15(11-17)3-2-9-23-19/h2-7,9,11-12,18H,8,10,13H2,1H3,(H,25,27)/t18-/m0/s1. The van der Waals surface area contributed by atoms with Crippen LogP contribution in [0.2, 0.25) is 0 Å². The van der Waals surface area contributed by atoms with Gasteiger partial charge in [-0.25, -0.2) is 13.4 Å². The van der Waals surface area contributed by atoms with Crippen molar-refractivity contribution in [1.29, 1.82) is 0 Å². The number of hydrogen-bond donors (Lipinski definition) is 1. The maximum Gasteiger partial charge on any atom is 0.255 e. The van der Waals surface area contributed by atoms with Crippen molar-refractivity contribution >= 4 is 43.4 Å². The molecule has 4 aromatic rings. The number of rotatable bonds is 3. The molecule has 30 heavy (non-hydrogen) atoms. The molecule has 2 aromatic carbocycles. The Morgan fingerprint density at radius 2 is 2.00 bits per heavy atom. The monoisotopic (exact) mass is 420 g/mol. The molecule has 7 nitrogen and oxygen atoms in total. The van der Waals surface area contributed by atoms with Gasteiger partial charge in [-0.3, -0.25) is 9.78 Å². The number of carbonyl (C=O) groups is 1. The molecule has 0 spiro atoms. The molecule has 152 valence electrons. The summed E-state index contributed by atoms with van der Waals surface area (Å²) in [6, 6.07) is 14.6. The van der Waals surface area contributed by atoms with E-state index in [9.17, 15) is 13.2 Å². The average Bonchev–Trinajstić information content (AvgIpc) is 3.24. The van der Waals surface area contributed by atoms with Crippen molar-refractivity contribution in [3.05, 3.63) is 66.1 Å². The lowest BCUT2D eigenvalue weighted by Gasteiger charge is -2.13. The molecule has 5 rings (SSSR count). The minimum Gasteiger partial charge on any atom is -0.324 e. The molecule has 3 heterocycles. The lowest BCUT2D eigenvalue weighted by Crippen LogP contribution is -2.13. The average molecular weight is 420 g/mol. The van der Waals surface area contributed by atoms with Crippen molar-refractivity contribution < 1.29 is 13.2 Å². The first-order valence-corrected chi connectivity index (χ1v) is 11.6. The maximum atomic E-state index is 12.8. The minimum absolute atomic E-state index is 0.106. The fraction of sp³-hybridized carbons (Fsp3) is 0.227. The van der Waals surface area contributed by atoms with Gasteiger partial charge in [0.05, 0.1) is 34.1 Å². The van der Waals surface area contributed by atoms with Gasteiger partial charge in [0.2, 0.25) is 0 Å². The second kappa shape index (κ2) is 6.91. The highest BCUT2D eigenvalue weighted by Crippen LogP contribution is 2.30. The van der Waals surface area contributed by atoms with Crippen molar-refractivity contribution in [1.82, 2.24) is 14.5 Å². The Morgan fingerprint density at radius 3 is 2.80 bits per heavy atom. The Bertz CT molecular complexity index is 1410. The second-order valence-electron chi connectivity index (χ2n) is 7.65. The van der Waals surface area contributed by atoms with Crippen LogP contribution in [0.3, 0.4) is 0 Å². The quantitative estimate of drug-likeness (QED) is 0.547. The van der Waals surface area contributed by atoms with Crippen LogP contribution in [0, 0.1) is 6.92 Å². The lowest BCUT2D eigenvalue weighted by atomic mass is 10.1. The van der Waals surface area contributed by atoms with Crippen molar-refractivity contribution in [2.45, 2.75) is 19.4 Å². The van der Waals surface area contributed by atoms with Crippen LogP contribution in [0.25, 0.3) is 21.9 Å². The Kier molecular flexibility index (Phi) is 4.32. The number of anilines is 1. The number of benzene rings is 2. The molecule has 1 saturated heterocycles. The fourth-order valence-corrected chi connectivity index (χ4v) is 5.86. The SMILES string of the molecule is Cc1nc2cc(C(=O)Nc3ccc4ncccc4c3)ccc2n1[C@H]1CCS(=O)(=O)C1. The smallest absolute Gasteiger partial charge is 0.255 e. The first-order chi connectivity index (χ1) is 14.4. The first kappa shape index (κ1) is 18.7. The summed E-state index contributed by atoms with van der Waals surface area (Å²) in [6.07, 6.45) is 2.33. The first-order valence-electron chi connectivity index (χ1n) is 9.75. The summed E-state index contributed by atoms with van der Waals surface area (Å²) in [5.41, 5.74) is 3.60. The number of hydrogen-bond acceptors (Lipinski definition) is 5. The van der Waals surface area contributed by atoms with Crippen LogP contribution in [0.15, 0.2) is 54.7 Å². The molecule has 1 aliphatic rings. The zero-order valence-corrected chi connectivity index (χ0v) is 17.2. The minimum atomic E-state index is -3.00. The maximum absolute atomic E-state index is 12.8. The van der Waals surface area contributed by atoms with Crippen molar-refractivity contribution in [2.75, 3.05) is 16.8 Å². The van der Waals surface area contributed by atoms with Gasteiger partial charge in [-0.05, 0) is 55.8 Å². The van der Waals surface area contributed by atoms with E-state index in [2.05, 4.69) is 15.3 Å². The van der Waals surface area contributed by atoms with E-state index in [-0.39, 0.29) is 23.5 Å². The molecule has 0 saturated carbocycles. The molecule has 1 aliphatic heterocycles. The van der Waals surface area contributed by atoms with E-state index in [1.165, 1.54) is 0 Å². The van der Waals surface area contributed by atoms with E-state index in [0.29, 0.717) is 23.2 Å². The van der Waals surface area contributed by atoms with E-state index in [4.69, 9.17) is 0 Å². The topological polar surface area (TPSA) is 93.9 Å². The van der Waals surface area contributed by atoms with E-state index >= 15 is 0 Å². The zero-order chi connectivity index (χ0) is 20.9. The summed E-state index contributed by atoms with van der Waals surface area (Å²) in [5, 5.41) is 3.87. The normalized spacial score (nSPS) is 18.1. The van der Waals surface area contributed by atoms with Crippen molar-refractivity contribution in [3.8, 4) is 0 Å². The number of aryl methyl sites for hydroxylation is 1. The zero-order valence-electron chi connectivity index (χ0n) is 16.4. The molecule has 0 aliphatic carbocycles. The number of carbonyl (C=O) groups excluding carboxylic acids is 1. The van der Waals surface area contributed by atoms with Gasteiger partial charge in [0, 0.05) is 22.8 Å². The molecule has 0 unspecified atom stereocenters. The summed E-state index contributed by atoms with van der Waals surface area (Å²) >= 11 is 0. The number of nitrogens with zero attached hydrogens (tertiary/aromatic N) is 3. The predicted molar refractivity (Wildman–Crippen MR) is 116 cm³/mol. The van der Waals surface area contributed by atoms with E-state index in [0.717, 1.165) is 22.2 Å². The summed E-state index contributed by atoms with van der Waals surface area (Å²) < 4.78 is 25.8. The molecule has 1 atom stereocenters. The van der Waals surface area contributed by atoms with Gasteiger partial charge < -0.3 is 9.88 Å². The lowest BCUT2D eigenvalue weighted by molar-refractivity contribution is 0.102. The van der Waals surface area contributed by atoms with Gasteiger partial charge in [-0.15, -0.1) is 0 Å². The van der Waals surface area contributed by atoms with Crippen LogP contribution in [0.4, 0.5) is 5.69 Å². The summed E-state index contributed by atoms with van der Waals surface area (Å²) in [4.78, 5) is 21.6. The van der Waals surface area contributed by atoms with Crippen LogP contribution in [-0.4, -0.2) is 40.4 Å². The van der Waals surface area contributed by atoms with Gasteiger partial charge in [0.25, 0.3) is 5.91 Å². The largest absolute Gasteiger partial charge is 0.324 e. The number of amides is 1. The van der Waals surface area contributed by atoms with Gasteiger partial charge in [-0.2, -0.15) is 0 Å². The molecule has 0 radical (unpaired) electrons. The molecular weight excluding hydrogens is 400 g/mol. The van der Waals surface area contributed by atoms with E-state index in [1.807, 2.05) is 47.9 Å². The third-order valence-corrected chi connectivity index (χ3v) is 7.31. The fourth-order valence-electron chi connectivity index (χ4n) is 4.16. The Labute approximate surface area is 173 Å². The highest BCUT2D eigenvalue weighted by molar-refractivity contribution is 7.91. The Morgan fingerprint density at radius 1 is 1.13 bits per heavy atom. The summed E-state index contributed by atoms with van der Waals surface area (Å²) in [5.74, 6) is 0.874. The van der Waals surface area contributed by atoms with E-state index < -0.39 is 9.84 Å². The number of imidazole rings is 1. The van der Waals surface area contributed by atoms with Crippen LogP contribution in [-0.2, 0) is 9.84 Å². The molecule has 0 bridgehead atoms. The number of sulfone groups is 1. The molecular formula is C22H20N4O3S. The molecule has 1 N–H and O–H groups in total. The highest BCUT2D eigenvalue weighted by atomic mass is 32.2. The van der Waals surface area contributed by atoms with Gasteiger partial charge in [0.15, 0.2) is 9.84 Å². The number of fused-ring (bicyclic) bond motifs is 2. The van der Waals surface area contributed by atoms with Crippen molar-refractivity contribution in [2.24, 2.45) is 0 Å². The van der Waals surface area contributed by atoms with Crippen LogP contribution < -0.4 is 5.32 Å². The molecule has 1 amide bonds. The van der Waals surface area contributed by atoms with Crippen LogP contribution >= 0.6 is 0 Å². The van der Waals surface area contributed by atoms with Crippen molar-refractivity contribution in [3.63, 3.8) is 0 Å². The molecule has 1 fully saturated rings. The highest BCUT2D eigenvalue weighted by Gasteiger charge is 2.31. The summed E-state index contributed by atoms with van der Waals surface area (Å²) in [7, 11) is -3.00. The Hall–Kier alpha value is -3.26. The van der Waals surface area contributed by atoms with Gasteiger partial charge in [0.1, 0.15) is 5.82 Å².